The van der Waals surface area contributed by atoms with Crippen LogP contribution in [-0.2, 0) is 9.53 Å². The van der Waals surface area contributed by atoms with Gasteiger partial charge in [0, 0.05) is 38.7 Å². The first kappa shape index (κ1) is 14.0. The van der Waals surface area contributed by atoms with Crippen LogP contribution in [0.15, 0.2) is 30.3 Å². The molecule has 0 bridgehead atoms. The third-order valence-corrected chi connectivity index (χ3v) is 3.45. The summed E-state index contributed by atoms with van der Waals surface area (Å²) in [6.45, 7) is 5.91. The lowest BCUT2D eigenvalue weighted by atomic mass is 10.0. The van der Waals surface area contributed by atoms with Gasteiger partial charge in [-0.15, -0.1) is 0 Å². The predicted octanol–water partition coefficient (Wildman–Crippen LogP) is 1.59. The lowest BCUT2D eigenvalue weighted by molar-refractivity contribution is -0.121. The number of amides is 1. The zero-order valence-corrected chi connectivity index (χ0v) is 11.5. The Bertz CT molecular complexity index is 394. The van der Waals surface area contributed by atoms with Crippen LogP contribution >= 0.6 is 0 Å². The topological polar surface area (TPSA) is 41.6 Å². The van der Waals surface area contributed by atoms with E-state index in [-0.39, 0.29) is 11.9 Å². The summed E-state index contributed by atoms with van der Waals surface area (Å²) < 4.78 is 5.44. The molecule has 1 aromatic carbocycles. The van der Waals surface area contributed by atoms with E-state index in [9.17, 15) is 4.79 Å². The Labute approximate surface area is 114 Å². The fourth-order valence-electron chi connectivity index (χ4n) is 2.47. The molecule has 1 saturated heterocycles. The smallest absolute Gasteiger partial charge is 0.221 e. The maximum absolute atomic E-state index is 11.8. The number of carbonyl (C=O) groups is 1. The number of benzene rings is 1. The van der Waals surface area contributed by atoms with Crippen LogP contribution in [0, 0.1) is 0 Å². The fraction of sp³-hybridized carbons (Fsp3) is 0.533. The average Bonchev–Trinajstić information content (AvgIpc) is 2.62. The lowest BCUT2D eigenvalue weighted by Crippen LogP contribution is -2.33. The molecule has 0 aliphatic carbocycles. The van der Waals surface area contributed by atoms with Crippen molar-refractivity contribution in [3.05, 3.63) is 35.9 Å². The van der Waals surface area contributed by atoms with Crippen molar-refractivity contribution in [2.24, 2.45) is 0 Å². The Kier molecular flexibility index (Phi) is 5.36. The molecule has 1 amide bonds. The highest BCUT2D eigenvalue weighted by Crippen LogP contribution is 2.25. The molecule has 0 aromatic heterocycles. The summed E-state index contributed by atoms with van der Waals surface area (Å²) in [6.07, 6.45) is 0.524. The van der Waals surface area contributed by atoms with Gasteiger partial charge in [0.1, 0.15) is 0 Å². The van der Waals surface area contributed by atoms with Gasteiger partial charge in [0.25, 0.3) is 0 Å². The maximum atomic E-state index is 11.8. The molecule has 1 unspecified atom stereocenters. The van der Waals surface area contributed by atoms with E-state index in [4.69, 9.17) is 4.74 Å². The summed E-state index contributed by atoms with van der Waals surface area (Å²) in [5, 5.41) is 2.94. The van der Waals surface area contributed by atoms with Crippen LogP contribution in [0.5, 0.6) is 0 Å². The first-order valence-electron chi connectivity index (χ1n) is 6.94. The Morgan fingerprint density at radius 1 is 1.37 bits per heavy atom. The van der Waals surface area contributed by atoms with Crippen molar-refractivity contribution < 1.29 is 9.53 Å². The predicted molar refractivity (Wildman–Crippen MR) is 74.9 cm³/mol. The van der Waals surface area contributed by atoms with E-state index in [1.807, 2.05) is 25.1 Å². The van der Waals surface area contributed by atoms with Crippen molar-refractivity contribution in [2.45, 2.75) is 19.4 Å². The second-order valence-electron chi connectivity index (χ2n) is 4.71. The summed E-state index contributed by atoms with van der Waals surface area (Å²) in [7, 11) is 0. The molecule has 4 nitrogen and oxygen atoms in total. The SMILES string of the molecule is CCOCCN1CCNC(=O)CC1c1ccccc1. The second kappa shape index (κ2) is 7.26. The normalized spacial score (nSPS) is 20.9. The fourth-order valence-corrected chi connectivity index (χ4v) is 2.47. The summed E-state index contributed by atoms with van der Waals surface area (Å²) in [5.74, 6) is 0.132. The van der Waals surface area contributed by atoms with Gasteiger partial charge in [-0.1, -0.05) is 30.3 Å². The van der Waals surface area contributed by atoms with Gasteiger partial charge in [0.2, 0.25) is 5.91 Å². The molecule has 1 atom stereocenters. The van der Waals surface area contributed by atoms with Crippen LogP contribution < -0.4 is 5.32 Å². The lowest BCUT2D eigenvalue weighted by Gasteiger charge is -2.29. The van der Waals surface area contributed by atoms with E-state index < -0.39 is 0 Å². The number of rotatable bonds is 5. The van der Waals surface area contributed by atoms with E-state index in [2.05, 4.69) is 22.3 Å². The molecule has 1 fully saturated rings. The van der Waals surface area contributed by atoms with E-state index in [1.165, 1.54) is 5.56 Å². The number of carbonyl (C=O) groups excluding carboxylic acids is 1. The Balaban J connectivity index is 2.09. The molecule has 2 rings (SSSR count). The van der Waals surface area contributed by atoms with Gasteiger partial charge < -0.3 is 10.1 Å². The van der Waals surface area contributed by atoms with Gasteiger partial charge >= 0.3 is 0 Å². The van der Waals surface area contributed by atoms with Crippen LogP contribution in [0.2, 0.25) is 0 Å². The minimum absolute atomic E-state index is 0.132. The molecule has 1 aromatic rings. The van der Waals surface area contributed by atoms with Gasteiger partial charge in [0.15, 0.2) is 0 Å². The minimum atomic E-state index is 0.132. The summed E-state index contributed by atoms with van der Waals surface area (Å²) >= 11 is 0. The Hall–Kier alpha value is -1.39. The van der Waals surface area contributed by atoms with Crippen LogP contribution in [-0.4, -0.2) is 43.7 Å². The quantitative estimate of drug-likeness (QED) is 0.819. The molecule has 0 spiro atoms. The van der Waals surface area contributed by atoms with Crippen LogP contribution in [0.1, 0.15) is 24.9 Å². The van der Waals surface area contributed by atoms with Gasteiger partial charge in [-0.25, -0.2) is 0 Å². The zero-order valence-electron chi connectivity index (χ0n) is 11.5. The highest BCUT2D eigenvalue weighted by Gasteiger charge is 2.25. The van der Waals surface area contributed by atoms with Gasteiger partial charge in [-0.3, -0.25) is 9.69 Å². The van der Waals surface area contributed by atoms with Crippen molar-refractivity contribution >= 4 is 5.91 Å². The Morgan fingerprint density at radius 3 is 2.89 bits per heavy atom. The molecule has 0 radical (unpaired) electrons. The molecule has 104 valence electrons. The number of ether oxygens (including phenoxy) is 1. The van der Waals surface area contributed by atoms with E-state index in [0.717, 1.165) is 19.7 Å². The monoisotopic (exact) mass is 262 g/mol. The first-order valence-corrected chi connectivity index (χ1v) is 6.94. The molecule has 4 heteroatoms. The van der Waals surface area contributed by atoms with Crippen molar-refractivity contribution in [3.8, 4) is 0 Å². The molecule has 19 heavy (non-hydrogen) atoms. The maximum Gasteiger partial charge on any atom is 0.221 e. The molecular weight excluding hydrogens is 240 g/mol. The number of hydrogen-bond donors (Lipinski definition) is 1. The molecule has 1 aliphatic rings. The first-order chi connectivity index (χ1) is 9.31. The average molecular weight is 262 g/mol. The third-order valence-electron chi connectivity index (χ3n) is 3.45. The van der Waals surface area contributed by atoms with Crippen LogP contribution in [0.4, 0.5) is 0 Å². The highest BCUT2D eigenvalue weighted by atomic mass is 16.5. The number of nitrogens with one attached hydrogen (secondary N) is 1. The van der Waals surface area contributed by atoms with Gasteiger partial charge in [-0.05, 0) is 12.5 Å². The van der Waals surface area contributed by atoms with Crippen LogP contribution in [0.3, 0.4) is 0 Å². The number of hydrogen-bond acceptors (Lipinski definition) is 3. The Morgan fingerprint density at radius 2 is 2.16 bits per heavy atom. The van der Waals surface area contributed by atoms with Crippen molar-refractivity contribution in [1.82, 2.24) is 10.2 Å². The van der Waals surface area contributed by atoms with Gasteiger partial charge in [0.05, 0.1) is 6.61 Å². The zero-order chi connectivity index (χ0) is 13.5. The summed E-state index contributed by atoms with van der Waals surface area (Å²) in [5.41, 5.74) is 1.20. The molecule has 0 saturated carbocycles. The van der Waals surface area contributed by atoms with Crippen LogP contribution in [0.25, 0.3) is 0 Å². The van der Waals surface area contributed by atoms with E-state index in [0.29, 0.717) is 19.6 Å². The molecular formula is C15H22N2O2. The molecule has 1 heterocycles. The van der Waals surface area contributed by atoms with E-state index >= 15 is 0 Å². The largest absolute Gasteiger partial charge is 0.380 e. The standard InChI is InChI=1S/C15H22N2O2/c1-2-19-11-10-17-9-8-16-15(18)12-14(17)13-6-4-3-5-7-13/h3-7,14H,2,8-12H2,1H3,(H,16,18). The van der Waals surface area contributed by atoms with E-state index in [1.54, 1.807) is 0 Å². The molecule has 1 N–H and O–H groups in total. The van der Waals surface area contributed by atoms with Crippen molar-refractivity contribution in [1.29, 1.82) is 0 Å². The van der Waals surface area contributed by atoms with Crippen molar-refractivity contribution in [2.75, 3.05) is 32.8 Å². The second-order valence-corrected chi connectivity index (χ2v) is 4.71. The number of nitrogens with zero attached hydrogens (tertiary/aromatic N) is 1. The van der Waals surface area contributed by atoms with Crippen molar-refractivity contribution in [3.63, 3.8) is 0 Å². The highest BCUT2D eigenvalue weighted by molar-refractivity contribution is 5.77. The third kappa shape index (κ3) is 4.04. The van der Waals surface area contributed by atoms with Gasteiger partial charge in [-0.2, -0.15) is 0 Å². The minimum Gasteiger partial charge on any atom is -0.380 e. The summed E-state index contributed by atoms with van der Waals surface area (Å²) in [4.78, 5) is 14.1. The summed E-state index contributed by atoms with van der Waals surface area (Å²) in [6, 6.07) is 10.4. The molecule has 1 aliphatic heterocycles.